The van der Waals surface area contributed by atoms with Crippen molar-refractivity contribution >= 4 is 23.6 Å². The molecule has 3 aliphatic rings. The van der Waals surface area contributed by atoms with E-state index < -0.39 is 24.3 Å². The molecule has 0 radical (unpaired) electrons. The number of hydrogen-bond donors (Lipinski definition) is 1. The summed E-state index contributed by atoms with van der Waals surface area (Å²) in [4.78, 5) is 24.1. The maximum Gasteiger partial charge on any atom is 0.331 e. The van der Waals surface area contributed by atoms with Crippen molar-refractivity contribution in [2.24, 2.45) is 0 Å². The van der Waals surface area contributed by atoms with Gasteiger partial charge in [-0.05, 0) is 48.7 Å². The molecule has 2 aromatic carbocycles. The number of nitrogens with one attached hydrogen (secondary N) is 1. The first kappa shape index (κ1) is 20.2. The van der Waals surface area contributed by atoms with Crippen LogP contribution in [0.4, 0.5) is 5.69 Å². The number of hydrogen-bond acceptors (Lipinski definition) is 7. The molecular formula is C24H23NO7. The summed E-state index contributed by atoms with van der Waals surface area (Å²) in [5.74, 6) is 0.960. The number of carbonyl (C=O) groups excluding carboxylic acids is 2. The van der Waals surface area contributed by atoms with E-state index in [0.29, 0.717) is 28.7 Å². The minimum atomic E-state index is -0.622. The molecule has 2 heterocycles. The van der Waals surface area contributed by atoms with Crippen LogP contribution in [0, 0.1) is 0 Å². The summed E-state index contributed by atoms with van der Waals surface area (Å²) >= 11 is 0. The lowest BCUT2D eigenvalue weighted by molar-refractivity contribution is -0.142. The van der Waals surface area contributed by atoms with Gasteiger partial charge in [0.25, 0.3) is 11.7 Å². The molecule has 1 N–H and O–H groups in total. The van der Waals surface area contributed by atoms with E-state index in [2.05, 4.69) is 5.32 Å². The van der Waals surface area contributed by atoms with E-state index >= 15 is 0 Å². The van der Waals surface area contributed by atoms with Gasteiger partial charge in [0, 0.05) is 30.7 Å². The summed E-state index contributed by atoms with van der Waals surface area (Å²) < 4.78 is 27.7. The highest BCUT2D eigenvalue weighted by molar-refractivity contribution is 5.95. The van der Waals surface area contributed by atoms with Crippen molar-refractivity contribution < 1.29 is 33.3 Å². The smallest absolute Gasteiger partial charge is 0.331 e. The second-order valence-electron chi connectivity index (χ2n) is 7.94. The predicted molar refractivity (Wildman–Crippen MR) is 115 cm³/mol. The Balaban J connectivity index is 1.12. The van der Waals surface area contributed by atoms with Gasteiger partial charge in [0.2, 0.25) is 6.79 Å². The fourth-order valence-corrected chi connectivity index (χ4v) is 4.03. The molecule has 0 aromatic heterocycles. The van der Waals surface area contributed by atoms with Gasteiger partial charge in [-0.25, -0.2) is 4.79 Å². The first-order valence-electron chi connectivity index (χ1n) is 10.7. The number of ether oxygens (including phenoxy) is 5. The van der Waals surface area contributed by atoms with E-state index in [1.807, 2.05) is 0 Å². The number of amides is 1. The summed E-state index contributed by atoms with van der Waals surface area (Å²) in [7, 11) is 0. The molecular weight excluding hydrogens is 414 g/mol. The van der Waals surface area contributed by atoms with Gasteiger partial charge in [-0.3, -0.25) is 4.79 Å². The van der Waals surface area contributed by atoms with Crippen LogP contribution in [0.5, 0.6) is 23.0 Å². The fraction of sp³-hybridized carbons (Fsp3) is 0.333. The van der Waals surface area contributed by atoms with Crippen LogP contribution in [-0.2, 0) is 14.3 Å². The molecule has 1 aliphatic carbocycles. The van der Waals surface area contributed by atoms with Crippen molar-refractivity contribution in [3.63, 3.8) is 0 Å². The average molecular weight is 437 g/mol. The number of rotatable bonds is 5. The van der Waals surface area contributed by atoms with Gasteiger partial charge in [0.15, 0.2) is 29.6 Å². The lowest BCUT2D eigenvalue weighted by atomic mass is 9.94. The Bertz CT molecular complexity index is 1070. The molecule has 0 unspecified atom stereocenters. The van der Waals surface area contributed by atoms with Crippen molar-refractivity contribution in [1.82, 2.24) is 0 Å². The summed E-state index contributed by atoms with van der Waals surface area (Å²) in [5, 5.41) is 2.71. The minimum Gasteiger partial charge on any atom is -0.454 e. The van der Waals surface area contributed by atoms with E-state index in [1.54, 1.807) is 42.5 Å². The fourth-order valence-electron chi connectivity index (χ4n) is 4.03. The first-order valence-corrected chi connectivity index (χ1v) is 10.7. The van der Waals surface area contributed by atoms with E-state index in [9.17, 15) is 9.59 Å². The quantitative estimate of drug-likeness (QED) is 0.557. The first-order chi connectivity index (χ1) is 15.6. The Morgan fingerprint density at radius 1 is 0.938 bits per heavy atom. The molecule has 0 bridgehead atoms. The summed E-state index contributed by atoms with van der Waals surface area (Å²) in [5.41, 5.74) is 1.31. The van der Waals surface area contributed by atoms with Crippen LogP contribution in [0.2, 0.25) is 0 Å². The Labute approximate surface area is 185 Å². The number of anilines is 1. The van der Waals surface area contributed by atoms with Crippen LogP contribution in [0.3, 0.4) is 0 Å². The Kier molecular flexibility index (Phi) is 5.34. The van der Waals surface area contributed by atoms with E-state index in [-0.39, 0.29) is 6.79 Å². The lowest BCUT2D eigenvalue weighted by Gasteiger charge is -2.31. The molecule has 2 aromatic rings. The molecule has 8 nitrogen and oxygen atoms in total. The SMILES string of the molecule is O=C(COC(=O)/C=C/c1ccc2c(c1)OCO2)Nc1ccc2c(c1)OC1(CCCCC1)O2. The van der Waals surface area contributed by atoms with Crippen molar-refractivity contribution in [3.05, 3.63) is 48.0 Å². The molecule has 0 atom stereocenters. The summed E-state index contributed by atoms with van der Waals surface area (Å²) in [6.07, 6.45) is 7.91. The standard InChI is InChI=1S/C24H23NO7/c26-22(14-28-23(27)9-5-16-4-7-18-20(12-16)30-15-29-18)25-17-6-8-19-21(13-17)32-24(31-19)10-2-1-3-11-24/h4-9,12-13H,1-3,10-11,14-15H2,(H,25,26)/b9-5+. The number of esters is 1. The Morgan fingerprint density at radius 3 is 2.59 bits per heavy atom. The molecule has 166 valence electrons. The molecule has 32 heavy (non-hydrogen) atoms. The van der Waals surface area contributed by atoms with Crippen molar-refractivity contribution in [2.75, 3.05) is 18.7 Å². The molecule has 5 rings (SSSR count). The number of benzene rings is 2. The van der Waals surface area contributed by atoms with Gasteiger partial charge in [-0.15, -0.1) is 0 Å². The van der Waals surface area contributed by atoms with Crippen molar-refractivity contribution in [3.8, 4) is 23.0 Å². The van der Waals surface area contributed by atoms with Gasteiger partial charge < -0.3 is 29.0 Å². The van der Waals surface area contributed by atoms with Gasteiger partial charge in [0.05, 0.1) is 0 Å². The maximum atomic E-state index is 12.2. The van der Waals surface area contributed by atoms with Crippen LogP contribution in [0.15, 0.2) is 42.5 Å². The highest BCUT2D eigenvalue weighted by atomic mass is 16.7. The highest BCUT2D eigenvalue weighted by Crippen LogP contribution is 2.46. The summed E-state index contributed by atoms with van der Waals surface area (Å²) in [6.45, 7) is -0.216. The topological polar surface area (TPSA) is 92.3 Å². The Hall–Kier alpha value is -3.68. The zero-order chi connectivity index (χ0) is 22.0. The number of carbonyl (C=O) groups is 2. The molecule has 1 saturated carbocycles. The van der Waals surface area contributed by atoms with E-state index in [1.165, 1.54) is 12.5 Å². The largest absolute Gasteiger partial charge is 0.454 e. The zero-order valence-electron chi connectivity index (χ0n) is 17.4. The zero-order valence-corrected chi connectivity index (χ0v) is 17.4. The second kappa shape index (κ2) is 8.45. The lowest BCUT2D eigenvalue weighted by Crippen LogP contribution is -2.40. The second-order valence-corrected chi connectivity index (χ2v) is 7.94. The average Bonchev–Trinajstić information content (AvgIpc) is 3.40. The van der Waals surface area contributed by atoms with Crippen molar-refractivity contribution in [1.29, 1.82) is 0 Å². The maximum absolute atomic E-state index is 12.2. The van der Waals surface area contributed by atoms with Crippen LogP contribution >= 0.6 is 0 Å². The predicted octanol–water partition coefficient (Wildman–Crippen LogP) is 4.04. The monoisotopic (exact) mass is 437 g/mol. The van der Waals surface area contributed by atoms with Crippen LogP contribution in [-0.4, -0.2) is 31.1 Å². The third-order valence-electron chi connectivity index (χ3n) is 5.59. The van der Waals surface area contributed by atoms with Crippen LogP contribution < -0.4 is 24.3 Å². The van der Waals surface area contributed by atoms with Crippen LogP contribution in [0.25, 0.3) is 6.08 Å². The normalized spacial score (nSPS) is 17.5. The van der Waals surface area contributed by atoms with Crippen molar-refractivity contribution in [2.45, 2.75) is 37.9 Å². The van der Waals surface area contributed by atoms with Gasteiger partial charge >= 0.3 is 5.97 Å². The number of fused-ring (bicyclic) bond motifs is 2. The minimum absolute atomic E-state index is 0.184. The van der Waals surface area contributed by atoms with Gasteiger partial charge in [-0.2, -0.15) is 0 Å². The summed E-state index contributed by atoms with van der Waals surface area (Å²) in [6, 6.07) is 10.6. The molecule has 1 fully saturated rings. The molecule has 1 spiro atoms. The van der Waals surface area contributed by atoms with E-state index in [4.69, 9.17) is 23.7 Å². The third kappa shape index (κ3) is 4.34. The molecule has 0 saturated heterocycles. The molecule has 8 heteroatoms. The highest BCUT2D eigenvalue weighted by Gasteiger charge is 2.42. The van der Waals surface area contributed by atoms with E-state index in [0.717, 1.165) is 31.2 Å². The molecule has 1 amide bonds. The van der Waals surface area contributed by atoms with Gasteiger partial charge in [-0.1, -0.05) is 12.5 Å². The Morgan fingerprint density at radius 2 is 1.72 bits per heavy atom. The molecule has 2 aliphatic heterocycles. The van der Waals surface area contributed by atoms with Gasteiger partial charge in [0.1, 0.15) is 0 Å². The third-order valence-corrected chi connectivity index (χ3v) is 5.59. The van der Waals surface area contributed by atoms with Crippen LogP contribution in [0.1, 0.15) is 37.7 Å².